The number of amides is 1. The molecule has 1 aromatic carbocycles. The van der Waals surface area contributed by atoms with E-state index in [-0.39, 0.29) is 5.91 Å². The predicted molar refractivity (Wildman–Crippen MR) is 122 cm³/mol. The summed E-state index contributed by atoms with van der Waals surface area (Å²) in [5.41, 5.74) is 5.85. The summed E-state index contributed by atoms with van der Waals surface area (Å²) in [7, 11) is 3.63. The van der Waals surface area contributed by atoms with E-state index in [1.807, 2.05) is 55.2 Å². The first-order valence-electron chi connectivity index (χ1n) is 10.6. The van der Waals surface area contributed by atoms with Gasteiger partial charge in [0.15, 0.2) is 5.76 Å². The number of furan rings is 1. The molecule has 164 valence electrons. The number of fused-ring (bicyclic) bond motifs is 3. The maximum Gasteiger partial charge on any atom is 0.289 e. The molecule has 1 amide bonds. The Labute approximate surface area is 191 Å². The number of rotatable bonds is 5. The van der Waals surface area contributed by atoms with Crippen LogP contribution in [0, 0.1) is 6.92 Å². The van der Waals surface area contributed by atoms with Crippen molar-refractivity contribution in [2.45, 2.75) is 32.9 Å². The lowest BCUT2D eigenvalue weighted by Crippen LogP contribution is -2.26. The lowest BCUT2D eigenvalue weighted by Gasteiger charge is -2.14. The van der Waals surface area contributed by atoms with Gasteiger partial charge in [0, 0.05) is 49.1 Å². The summed E-state index contributed by atoms with van der Waals surface area (Å²) >= 11 is 6.00. The molecule has 0 N–H and O–H groups in total. The lowest BCUT2D eigenvalue weighted by atomic mass is 9.93. The Balaban J connectivity index is 1.41. The first-order valence-corrected chi connectivity index (χ1v) is 10.9. The molecule has 0 fully saturated rings. The maximum absolute atomic E-state index is 13.1. The monoisotopic (exact) mass is 449 g/mol. The average Bonchev–Trinajstić information content (AvgIpc) is 3.45. The molecule has 0 bridgehead atoms. The van der Waals surface area contributed by atoms with Gasteiger partial charge in [-0.25, -0.2) is 0 Å². The summed E-state index contributed by atoms with van der Waals surface area (Å²) in [6, 6.07) is 9.69. The Bertz CT molecular complexity index is 1300. The third-order valence-corrected chi connectivity index (χ3v) is 6.13. The van der Waals surface area contributed by atoms with Gasteiger partial charge in [-0.05, 0) is 42.7 Å². The van der Waals surface area contributed by atoms with Crippen molar-refractivity contribution in [2.24, 2.45) is 7.05 Å². The van der Waals surface area contributed by atoms with Crippen LogP contribution in [0.1, 0.15) is 38.7 Å². The van der Waals surface area contributed by atoms with Crippen LogP contribution in [0.3, 0.4) is 0 Å². The topological polar surface area (TPSA) is 69.1 Å². The summed E-state index contributed by atoms with van der Waals surface area (Å²) in [5.74, 6) is 1.07. The van der Waals surface area contributed by atoms with Crippen molar-refractivity contribution in [2.75, 3.05) is 7.05 Å². The number of carbonyl (C=O) groups excluding carboxylic acids is 1. The number of benzene rings is 1. The Morgan fingerprint density at radius 3 is 2.69 bits per heavy atom. The normalized spacial score (nSPS) is 12.5. The van der Waals surface area contributed by atoms with Crippen molar-refractivity contribution in [3.05, 3.63) is 81.7 Å². The van der Waals surface area contributed by atoms with E-state index in [1.165, 1.54) is 5.56 Å². The highest BCUT2D eigenvalue weighted by atomic mass is 35.5. The van der Waals surface area contributed by atoms with E-state index in [2.05, 4.69) is 11.3 Å². The summed E-state index contributed by atoms with van der Waals surface area (Å²) in [4.78, 5) is 14.8. The van der Waals surface area contributed by atoms with Crippen LogP contribution in [0.4, 0.5) is 0 Å². The molecule has 0 saturated heterocycles. The molecule has 0 saturated carbocycles. The second kappa shape index (κ2) is 7.98. The van der Waals surface area contributed by atoms with Crippen molar-refractivity contribution in [1.29, 1.82) is 0 Å². The average molecular weight is 450 g/mol. The predicted octanol–water partition coefficient (Wildman–Crippen LogP) is 4.26. The third kappa shape index (κ3) is 3.73. The highest BCUT2D eigenvalue weighted by molar-refractivity contribution is 6.30. The third-order valence-electron chi connectivity index (χ3n) is 5.88. The molecule has 1 aliphatic rings. The van der Waals surface area contributed by atoms with Crippen molar-refractivity contribution in [3.8, 4) is 11.3 Å². The molecule has 0 atom stereocenters. The van der Waals surface area contributed by atoms with Gasteiger partial charge < -0.3 is 9.32 Å². The molecule has 0 aliphatic heterocycles. The minimum absolute atomic E-state index is 0.148. The zero-order valence-electron chi connectivity index (χ0n) is 18.3. The first-order chi connectivity index (χ1) is 15.4. The van der Waals surface area contributed by atoms with Crippen LogP contribution in [0.25, 0.3) is 11.3 Å². The molecule has 0 unspecified atom stereocenters. The fourth-order valence-corrected chi connectivity index (χ4v) is 4.39. The van der Waals surface area contributed by atoms with E-state index < -0.39 is 0 Å². The summed E-state index contributed by atoms with van der Waals surface area (Å²) in [6.45, 7) is 3.03. The molecule has 7 nitrogen and oxygen atoms in total. The number of hydrogen-bond donors (Lipinski definition) is 0. The van der Waals surface area contributed by atoms with Crippen LogP contribution in [0.5, 0.6) is 0 Å². The molecule has 4 aromatic rings. The minimum atomic E-state index is -0.148. The number of aromatic nitrogens is 4. The van der Waals surface area contributed by atoms with Gasteiger partial charge in [0.2, 0.25) is 0 Å². The van der Waals surface area contributed by atoms with Gasteiger partial charge in [0.05, 0.1) is 24.5 Å². The molecule has 1 aliphatic carbocycles. The number of hydrogen-bond acceptors (Lipinski definition) is 4. The van der Waals surface area contributed by atoms with Gasteiger partial charge in [0.25, 0.3) is 5.91 Å². The van der Waals surface area contributed by atoms with Gasteiger partial charge in [-0.3, -0.25) is 14.2 Å². The molecule has 5 rings (SSSR count). The highest BCUT2D eigenvalue weighted by Crippen LogP contribution is 2.38. The summed E-state index contributed by atoms with van der Waals surface area (Å²) < 4.78 is 9.76. The van der Waals surface area contributed by atoms with Crippen LogP contribution in [0.15, 0.2) is 47.1 Å². The zero-order chi connectivity index (χ0) is 22.4. The lowest BCUT2D eigenvalue weighted by molar-refractivity contribution is 0.0748. The van der Waals surface area contributed by atoms with E-state index >= 15 is 0 Å². The van der Waals surface area contributed by atoms with Gasteiger partial charge >= 0.3 is 0 Å². The van der Waals surface area contributed by atoms with Crippen LogP contribution in [-0.2, 0) is 33.0 Å². The maximum atomic E-state index is 13.1. The minimum Gasteiger partial charge on any atom is -0.455 e. The molecular weight excluding hydrogens is 426 g/mol. The molecule has 3 heterocycles. The van der Waals surface area contributed by atoms with Crippen LogP contribution in [0.2, 0.25) is 5.02 Å². The standard InChI is InChI=1S/C24H24ClN5O2/c1-15-21-20(32-23(15)24(31)28(2)14-19-10-11-29(3)26-19)9-6-17-13-30(27-22(17)21)12-16-4-7-18(25)8-5-16/h4-5,7-8,10-11,13H,6,9,12,14H2,1-3H3. The van der Waals surface area contributed by atoms with Crippen molar-refractivity contribution < 1.29 is 9.21 Å². The van der Waals surface area contributed by atoms with E-state index in [0.717, 1.165) is 51.7 Å². The van der Waals surface area contributed by atoms with Crippen molar-refractivity contribution in [1.82, 2.24) is 24.5 Å². The first kappa shape index (κ1) is 20.6. The summed E-state index contributed by atoms with van der Waals surface area (Å²) in [6.07, 6.45) is 5.56. The van der Waals surface area contributed by atoms with Gasteiger partial charge in [-0.15, -0.1) is 0 Å². The molecule has 8 heteroatoms. The van der Waals surface area contributed by atoms with E-state index in [9.17, 15) is 4.79 Å². The van der Waals surface area contributed by atoms with Crippen molar-refractivity contribution in [3.63, 3.8) is 0 Å². The van der Waals surface area contributed by atoms with Gasteiger partial charge in [-0.1, -0.05) is 23.7 Å². The van der Waals surface area contributed by atoms with E-state index in [1.54, 1.807) is 16.6 Å². The molecule has 32 heavy (non-hydrogen) atoms. The Morgan fingerprint density at radius 2 is 1.97 bits per heavy atom. The smallest absolute Gasteiger partial charge is 0.289 e. The van der Waals surface area contributed by atoms with E-state index in [0.29, 0.717) is 18.8 Å². The Morgan fingerprint density at radius 1 is 1.19 bits per heavy atom. The quantitative estimate of drug-likeness (QED) is 0.456. The Hall–Kier alpha value is -3.32. The fourth-order valence-electron chi connectivity index (χ4n) is 4.26. The highest BCUT2D eigenvalue weighted by Gasteiger charge is 2.31. The van der Waals surface area contributed by atoms with Crippen LogP contribution in [-0.4, -0.2) is 37.4 Å². The molecule has 3 aromatic heterocycles. The van der Waals surface area contributed by atoms with Crippen molar-refractivity contribution >= 4 is 17.5 Å². The van der Waals surface area contributed by atoms with E-state index in [4.69, 9.17) is 21.1 Å². The van der Waals surface area contributed by atoms with Gasteiger partial charge in [0.1, 0.15) is 5.76 Å². The number of carbonyl (C=O) groups is 1. The van der Waals surface area contributed by atoms with Crippen LogP contribution < -0.4 is 0 Å². The largest absolute Gasteiger partial charge is 0.455 e. The molecular formula is C24H24ClN5O2. The number of halogens is 1. The molecule has 0 radical (unpaired) electrons. The number of aryl methyl sites for hydroxylation is 3. The second-order valence-electron chi connectivity index (χ2n) is 8.32. The summed E-state index contributed by atoms with van der Waals surface area (Å²) in [5, 5.41) is 9.92. The number of nitrogens with zero attached hydrogens (tertiary/aromatic N) is 5. The second-order valence-corrected chi connectivity index (χ2v) is 8.76. The van der Waals surface area contributed by atoms with Crippen LogP contribution >= 0.6 is 11.6 Å². The Kier molecular flexibility index (Phi) is 5.13. The SMILES string of the molecule is Cc1c(C(=O)N(C)Cc2ccn(C)n2)oc2c1-c1nn(Cc3ccc(Cl)cc3)cc1CC2. The molecule has 0 spiro atoms. The van der Waals surface area contributed by atoms with Gasteiger partial charge in [-0.2, -0.15) is 10.2 Å². The fraction of sp³-hybridized carbons (Fsp3) is 0.292. The zero-order valence-corrected chi connectivity index (χ0v) is 19.1.